The SMILES string of the molecule is CC(C)[C@](O)(C(=O)OC[C@@H]1CC[N+]2([O-])CCC[C@@H]12)[C@@H](C)O. The molecular weight excluding hydrogens is 274 g/mol. The van der Waals surface area contributed by atoms with E-state index in [4.69, 9.17) is 4.74 Å². The molecule has 2 saturated heterocycles. The van der Waals surface area contributed by atoms with E-state index in [1.165, 1.54) is 6.92 Å². The predicted molar refractivity (Wildman–Crippen MR) is 76.9 cm³/mol. The number of quaternary nitrogens is 1. The fourth-order valence-corrected chi connectivity index (χ4v) is 3.82. The van der Waals surface area contributed by atoms with Crippen LogP contribution in [-0.4, -0.2) is 58.3 Å². The second kappa shape index (κ2) is 5.83. The summed E-state index contributed by atoms with van der Waals surface area (Å²) in [4.78, 5) is 12.2. The van der Waals surface area contributed by atoms with E-state index in [9.17, 15) is 20.2 Å². The van der Waals surface area contributed by atoms with Gasteiger partial charge in [-0.2, -0.15) is 0 Å². The molecule has 21 heavy (non-hydrogen) atoms. The van der Waals surface area contributed by atoms with Crippen molar-refractivity contribution in [3.05, 3.63) is 5.21 Å². The van der Waals surface area contributed by atoms with Gasteiger partial charge in [-0.05, 0) is 12.8 Å². The highest BCUT2D eigenvalue weighted by Gasteiger charge is 2.49. The van der Waals surface area contributed by atoms with Crippen molar-refractivity contribution in [2.45, 2.75) is 57.8 Å². The summed E-state index contributed by atoms with van der Waals surface area (Å²) in [6.07, 6.45) is 1.38. The van der Waals surface area contributed by atoms with Gasteiger partial charge in [-0.15, -0.1) is 0 Å². The van der Waals surface area contributed by atoms with Crippen molar-refractivity contribution >= 4 is 5.97 Å². The molecule has 0 radical (unpaired) electrons. The van der Waals surface area contributed by atoms with Crippen molar-refractivity contribution < 1.29 is 24.4 Å². The molecule has 0 aromatic carbocycles. The van der Waals surface area contributed by atoms with Crippen LogP contribution < -0.4 is 0 Å². The zero-order valence-corrected chi connectivity index (χ0v) is 13.1. The van der Waals surface area contributed by atoms with Crippen LogP contribution in [0.3, 0.4) is 0 Å². The zero-order chi connectivity index (χ0) is 15.8. The van der Waals surface area contributed by atoms with E-state index in [-0.39, 0.29) is 23.2 Å². The van der Waals surface area contributed by atoms with Gasteiger partial charge in [0, 0.05) is 19.3 Å². The first kappa shape index (κ1) is 16.7. The molecular formula is C15H27NO5. The van der Waals surface area contributed by atoms with Crippen LogP contribution in [0.25, 0.3) is 0 Å². The molecule has 122 valence electrons. The maximum atomic E-state index is 12.4. The Hall–Kier alpha value is -0.690. The van der Waals surface area contributed by atoms with Gasteiger partial charge in [0.15, 0.2) is 5.60 Å². The summed E-state index contributed by atoms with van der Waals surface area (Å²) in [5, 5.41) is 32.5. The molecule has 1 unspecified atom stereocenters. The van der Waals surface area contributed by atoms with Crippen molar-refractivity contribution in [2.24, 2.45) is 11.8 Å². The molecule has 0 aliphatic carbocycles. The van der Waals surface area contributed by atoms with Gasteiger partial charge < -0.3 is 24.8 Å². The van der Waals surface area contributed by atoms with Crippen LogP contribution in [0.1, 0.15) is 40.0 Å². The summed E-state index contributed by atoms with van der Waals surface area (Å²) in [7, 11) is 0. The Bertz CT molecular complexity index is 390. The molecule has 0 aromatic rings. The summed E-state index contributed by atoms with van der Waals surface area (Å²) in [6, 6.07) is 0.0245. The minimum Gasteiger partial charge on any atom is -0.633 e. The zero-order valence-electron chi connectivity index (χ0n) is 13.1. The van der Waals surface area contributed by atoms with Crippen molar-refractivity contribution in [3.8, 4) is 0 Å². The fraction of sp³-hybridized carbons (Fsp3) is 0.933. The maximum Gasteiger partial charge on any atom is 0.341 e. The van der Waals surface area contributed by atoms with Gasteiger partial charge in [0.05, 0.1) is 31.2 Å². The lowest BCUT2D eigenvalue weighted by Crippen LogP contribution is -2.53. The molecule has 6 nitrogen and oxygen atoms in total. The molecule has 0 bridgehead atoms. The third kappa shape index (κ3) is 2.82. The number of esters is 1. The second-order valence-corrected chi connectivity index (χ2v) is 6.91. The van der Waals surface area contributed by atoms with E-state index in [1.54, 1.807) is 13.8 Å². The molecule has 6 heteroatoms. The van der Waals surface area contributed by atoms with Crippen LogP contribution >= 0.6 is 0 Å². The molecule has 0 spiro atoms. The van der Waals surface area contributed by atoms with Gasteiger partial charge in [0.1, 0.15) is 6.61 Å². The highest BCUT2D eigenvalue weighted by Crippen LogP contribution is 2.39. The summed E-state index contributed by atoms with van der Waals surface area (Å²) >= 11 is 0. The van der Waals surface area contributed by atoms with Crippen molar-refractivity contribution in [1.82, 2.24) is 0 Å². The maximum absolute atomic E-state index is 12.4. The number of aliphatic hydroxyl groups is 2. The minimum atomic E-state index is -1.89. The molecule has 2 N–H and O–H groups in total. The van der Waals surface area contributed by atoms with Crippen LogP contribution in [0.4, 0.5) is 0 Å². The van der Waals surface area contributed by atoms with Crippen molar-refractivity contribution in [1.29, 1.82) is 0 Å². The molecule has 0 amide bonds. The Morgan fingerprint density at radius 3 is 2.62 bits per heavy atom. The van der Waals surface area contributed by atoms with E-state index in [0.717, 1.165) is 19.3 Å². The van der Waals surface area contributed by atoms with E-state index < -0.39 is 23.6 Å². The van der Waals surface area contributed by atoms with Crippen molar-refractivity contribution in [3.63, 3.8) is 0 Å². The molecule has 0 aromatic heterocycles. The molecule has 2 rings (SSSR count). The Morgan fingerprint density at radius 2 is 2.05 bits per heavy atom. The lowest BCUT2D eigenvalue weighted by molar-refractivity contribution is -0.881. The quantitative estimate of drug-likeness (QED) is 0.445. The number of nitrogens with zero attached hydrogens (tertiary/aromatic N) is 1. The third-order valence-corrected chi connectivity index (χ3v) is 5.34. The summed E-state index contributed by atoms with van der Waals surface area (Å²) in [5.41, 5.74) is -1.89. The second-order valence-electron chi connectivity index (χ2n) is 6.91. The van der Waals surface area contributed by atoms with E-state index in [0.29, 0.717) is 13.1 Å². The van der Waals surface area contributed by atoms with E-state index in [1.807, 2.05) is 0 Å². The first-order valence-electron chi connectivity index (χ1n) is 7.87. The smallest absolute Gasteiger partial charge is 0.341 e. The molecule has 0 saturated carbocycles. The number of hydroxylamine groups is 3. The lowest BCUT2D eigenvalue weighted by atomic mass is 9.85. The van der Waals surface area contributed by atoms with Crippen LogP contribution in [-0.2, 0) is 9.53 Å². The first-order chi connectivity index (χ1) is 9.71. The number of ether oxygens (including phenoxy) is 1. The van der Waals surface area contributed by atoms with Gasteiger partial charge in [-0.3, -0.25) is 0 Å². The summed E-state index contributed by atoms with van der Waals surface area (Å²) < 4.78 is 5.12. The van der Waals surface area contributed by atoms with Gasteiger partial charge in [-0.1, -0.05) is 13.8 Å². The average molecular weight is 301 g/mol. The predicted octanol–water partition coefficient (Wildman–Crippen LogP) is 0.794. The molecule has 2 fully saturated rings. The van der Waals surface area contributed by atoms with Gasteiger partial charge >= 0.3 is 5.97 Å². The van der Waals surface area contributed by atoms with Gasteiger partial charge in [0.25, 0.3) is 0 Å². The Morgan fingerprint density at radius 1 is 1.38 bits per heavy atom. The number of rotatable bonds is 5. The number of hydrogen-bond acceptors (Lipinski definition) is 5. The number of carbonyl (C=O) groups excluding carboxylic acids is 1. The minimum absolute atomic E-state index is 0.0245. The largest absolute Gasteiger partial charge is 0.633 e. The van der Waals surface area contributed by atoms with Crippen LogP contribution in [0.5, 0.6) is 0 Å². The average Bonchev–Trinajstić information content (AvgIpc) is 2.91. The van der Waals surface area contributed by atoms with Crippen LogP contribution in [0.2, 0.25) is 0 Å². The van der Waals surface area contributed by atoms with E-state index >= 15 is 0 Å². The Labute approximate surface area is 125 Å². The van der Waals surface area contributed by atoms with Crippen LogP contribution in [0.15, 0.2) is 0 Å². The van der Waals surface area contributed by atoms with E-state index in [2.05, 4.69) is 0 Å². The summed E-state index contributed by atoms with van der Waals surface area (Å²) in [5.74, 6) is -1.17. The molecule has 2 aliphatic rings. The highest BCUT2D eigenvalue weighted by molar-refractivity contribution is 5.80. The first-order valence-corrected chi connectivity index (χ1v) is 7.87. The van der Waals surface area contributed by atoms with Crippen LogP contribution in [0, 0.1) is 17.0 Å². The summed E-state index contributed by atoms with van der Waals surface area (Å²) in [6.45, 7) is 6.14. The molecule has 5 atom stereocenters. The topological polar surface area (TPSA) is 89.8 Å². The fourth-order valence-electron chi connectivity index (χ4n) is 3.82. The normalized spacial score (nSPS) is 36.3. The standard InChI is InChI=1S/C15H27NO5/c1-10(2)15(19,11(3)17)14(18)21-9-12-6-8-16(20)7-4-5-13(12)16/h10-13,17,19H,4-9H2,1-3H3/t11-,12+,13+,15-,16?/m1/s1. The molecule has 2 heterocycles. The highest BCUT2D eigenvalue weighted by atomic mass is 16.6. The van der Waals surface area contributed by atoms with Gasteiger partial charge in [0.2, 0.25) is 0 Å². The number of aliphatic hydroxyl groups excluding tert-OH is 1. The third-order valence-electron chi connectivity index (χ3n) is 5.34. The lowest BCUT2D eigenvalue weighted by Gasteiger charge is -2.40. The Kier molecular flexibility index (Phi) is 4.63. The number of fused-ring (bicyclic) bond motifs is 1. The van der Waals surface area contributed by atoms with Crippen molar-refractivity contribution in [2.75, 3.05) is 19.7 Å². The van der Waals surface area contributed by atoms with Gasteiger partial charge in [-0.25, -0.2) is 4.79 Å². The monoisotopic (exact) mass is 301 g/mol. The number of carbonyl (C=O) groups is 1. The number of hydrogen-bond donors (Lipinski definition) is 2. The molecule has 2 aliphatic heterocycles. The Balaban J connectivity index is 1.95.